The Hall–Kier alpha value is -2.23. The maximum absolute atomic E-state index is 12.0. The predicted molar refractivity (Wildman–Crippen MR) is 82.5 cm³/mol. The molecule has 3 rings (SSSR count). The van der Waals surface area contributed by atoms with Crippen LogP contribution in [0.3, 0.4) is 0 Å². The molecule has 2 heterocycles. The lowest BCUT2D eigenvalue weighted by molar-refractivity contribution is 0.0919. The maximum Gasteiger partial charge on any atom is 0.287 e. The third kappa shape index (κ3) is 3.10. The van der Waals surface area contributed by atoms with Crippen molar-refractivity contribution < 1.29 is 9.21 Å². The fourth-order valence-electron chi connectivity index (χ4n) is 2.80. The van der Waals surface area contributed by atoms with Gasteiger partial charge in [0.1, 0.15) is 0 Å². The molecule has 1 saturated heterocycles. The minimum Gasteiger partial charge on any atom is -0.459 e. The highest BCUT2D eigenvalue weighted by atomic mass is 16.3. The van der Waals surface area contributed by atoms with Gasteiger partial charge in [0.25, 0.3) is 5.91 Å². The highest BCUT2D eigenvalue weighted by Gasteiger charge is 2.23. The van der Waals surface area contributed by atoms with Crippen LogP contribution in [0.1, 0.15) is 22.5 Å². The first-order valence-corrected chi connectivity index (χ1v) is 7.36. The SMILES string of the molecule is Cc1ccoc1C(=O)NC[C@H]1CCN(c2ccccc2)C1. The highest BCUT2D eigenvalue weighted by molar-refractivity contribution is 5.92. The first kappa shape index (κ1) is 13.7. The van der Waals surface area contributed by atoms with Gasteiger partial charge in [-0.1, -0.05) is 18.2 Å². The Morgan fingerprint density at radius 2 is 2.14 bits per heavy atom. The summed E-state index contributed by atoms with van der Waals surface area (Å²) >= 11 is 0. The van der Waals surface area contributed by atoms with Crippen molar-refractivity contribution >= 4 is 11.6 Å². The van der Waals surface area contributed by atoms with Crippen LogP contribution in [0.4, 0.5) is 5.69 Å². The highest BCUT2D eigenvalue weighted by Crippen LogP contribution is 2.23. The first-order chi connectivity index (χ1) is 10.2. The number of anilines is 1. The van der Waals surface area contributed by atoms with Crippen molar-refractivity contribution in [3.63, 3.8) is 0 Å². The lowest BCUT2D eigenvalue weighted by atomic mass is 10.1. The Balaban J connectivity index is 1.52. The minimum absolute atomic E-state index is 0.115. The molecule has 21 heavy (non-hydrogen) atoms. The summed E-state index contributed by atoms with van der Waals surface area (Å²) in [6, 6.07) is 12.2. The van der Waals surface area contributed by atoms with Crippen LogP contribution in [0.5, 0.6) is 0 Å². The van der Waals surface area contributed by atoms with Gasteiger partial charge in [0, 0.05) is 30.9 Å². The third-order valence-electron chi connectivity index (χ3n) is 4.03. The molecule has 1 aromatic carbocycles. The number of para-hydroxylation sites is 1. The van der Waals surface area contributed by atoms with Crippen LogP contribution in [0.2, 0.25) is 0 Å². The van der Waals surface area contributed by atoms with Gasteiger partial charge in [0.15, 0.2) is 5.76 Å². The van der Waals surface area contributed by atoms with E-state index in [-0.39, 0.29) is 5.91 Å². The summed E-state index contributed by atoms with van der Waals surface area (Å²) in [6.07, 6.45) is 2.66. The molecule has 0 spiro atoms. The minimum atomic E-state index is -0.115. The molecule has 4 heteroatoms. The van der Waals surface area contributed by atoms with E-state index in [1.807, 2.05) is 19.1 Å². The zero-order valence-corrected chi connectivity index (χ0v) is 12.2. The summed E-state index contributed by atoms with van der Waals surface area (Å²) < 4.78 is 5.21. The van der Waals surface area contributed by atoms with E-state index in [4.69, 9.17) is 4.42 Å². The number of nitrogens with one attached hydrogen (secondary N) is 1. The van der Waals surface area contributed by atoms with E-state index in [0.29, 0.717) is 18.2 Å². The second-order valence-electron chi connectivity index (χ2n) is 5.58. The van der Waals surface area contributed by atoms with Gasteiger partial charge >= 0.3 is 0 Å². The van der Waals surface area contributed by atoms with Crippen LogP contribution in [0.15, 0.2) is 47.1 Å². The molecule has 1 atom stereocenters. The van der Waals surface area contributed by atoms with Crippen LogP contribution in [0, 0.1) is 12.8 Å². The van der Waals surface area contributed by atoms with Gasteiger partial charge in [-0.15, -0.1) is 0 Å². The van der Waals surface area contributed by atoms with E-state index >= 15 is 0 Å². The topological polar surface area (TPSA) is 45.5 Å². The maximum atomic E-state index is 12.0. The standard InChI is InChI=1S/C17H20N2O2/c1-13-8-10-21-16(13)17(20)18-11-14-7-9-19(12-14)15-5-3-2-4-6-15/h2-6,8,10,14H,7,9,11-12H2,1H3,(H,18,20)/t14-/m1/s1. The lowest BCUT2D eigenvalue weighted by Crippen LogP contribution is -2.31. The number of amides is 1. The molecule has 1 aliphatic heterocycles. The molecular formula is C17H20N2O2. The fraction of sp³-hybridized carbons (Fsp3) is 0.353. The van der Waals surface area contributed by atoms with E-state index in [9.17, 15) is 4.79 Å². The van der Waals surface area contributed by atoms with Crippen LogP contribution in [-0.4, -0.2) is 25.5 Å². The molecule has 0 bridgehead atoms. The van der Waals surface area contributed by atoms with Crippen molar-refractivity contribution in [2.24, 2.45) is 5.92 Å². The van der Waals surface area contributed by atoms with Crippen LogP contribution >= 0.6 is 0 Å². The van der Waals surface area contributed by atoms with E-state index in [1.165, 1.54) is 5.69 Å². The van der Waals surface area contributed by atoms with E-state index in [0.717, 1.165) is 25.1 Å². The van der Waals surface area contributed by atoms with Gasteiger partial charge in [-0.2, -0.15) is 0 Å². The largest absolute Gasteiger partial charge is 0.459 e. The van der Waals surface area contributed by atoms with Gasteiger partial charge in [0.2, 0.25) is 0 Å². The monoisotopic (exact) mass is 284 g/mol. The molecule has 0 saturated carbocycles. The average Bonchev–Trinajstić information content (AvgIpc) is 3.15. The third-order valence-corrected chi connectivity index (χ3v) is 4.03. The molecule has 1 N–H and O–H groups in total. The molecule has 1 aromatic heterocycles. The second kappa shape index (κ2) is 6.04. The van der Waals surface area contributed by atoms with E-state index in [1.54, 1.807) is 6.26 Å². The first-order valence-electron chi connectivity index (χ1n) is 7.36. The number of carbonyl (C=O) groups excluding carboxylic acids is 1. The van der Waals surface area contributed by atoms with Gasteiger partial charge in [-0.05, 0) is 37.5 Å². The molecule has 1 aliphatic rings. The summed E-state index contributed by atoms with van der Waals surface area (Å²) in [7, 11) is 0. The Bertz CT molecular complexity index is 606. The summed E-state index contributed by atoms with van der Waals surface area (Å²) in [5, 5.41) is 2.98. The van der Waals surface area contributed by atoms with Gasteiger partial charge in [-0.25, -0.2) is 0 Å². The molecule has 0 aliphatic carbocycles. The second-order valence-corrected chi connectivity index (χ2v) is 5.58. The normalized spacial score (nSPS) is 18.0. The van der Waals surface area contributed by atoms with Gasteiger partial charge in [-0.3, -0.25) is 4.79 Å². The van der Waals surface area contributed by atoms with Crippen molar-refractivity contribution in [3.05, 3.63) is 54.0 Å². The molecule has 0 unspecified atom stereocenters. The predicted octanol–water partition coefficient (Wildman–Crippen LogP) is 2.84. The Labute approximate surface area is 124 Å². The molecular weight excluding hydrogens is 264 g/mol. The molecule has 1 amide bonds. The molecule has 2 aromatic rings. The molecule has 110 valence electrons. The number of carbonyl (C=O) groups is 1. The number of hydrogen-bond acceptors (Lipinski definition) is 3. The molecule has 0 radical (unpaired) electrons. The fourth-order valence-corrected chi connectivity index (χ4v) is 2.80. The number of benzene rings is 1. The Morgan fingerprint density at radius 1 is 1.33 bits per heavy atom. The number of rotatable bonds is 4. The van der Waals surface area contributed by atoms with Crippen molar-refractivity contribution in [3.8, 4) is 0 Å². The van der Waals surface area contributed by atoms with Crippen LogP contribution < -0.4 is 10.2 Å². The van der Waals surface area contributed by atoms with Crippen molar-refractivity contribution in [2.75, 3.05) is 24.5 Å². The van der Waals surface area contributed by atoms with Crippen molar-refractivity contribution in [1.29, 1.82) is 0 Å². The quantitative estimate of drug-likeness (QED) is 0.939. The summed E-state index contributed by atoms with van der Waals surface area (Å²) in [4.78, 5) is 14.4. The van der Waals surface area contributed by atoms with Crippen LogP contribution in [-0.2, 0) is 0 Å². The average molecular weight is 284 g/mol. The molecule has 4 nitrogen and oxygen atoms in total. The number of aryl methyl sites for hydroxylation is 1. The summed E-state index contributed by atoms with van der Waals surface area (Å²) in [5.41, 5.74) is 2.14. The zero-order valence-electron chi connectivity index (χ0n) is 12.2. The Morgan fingerprint density at radius 3 is 2.86 bits per heavy atom. The molecule has 1 fully saturated rings. The van der Waals surface area contributed by atoms with E-state index in [2.05, 4.69) is 34.5 Å². The van der Waals surface area contributed by atoms with Gasteiger partial charge < -0.3 is 14.6 Å². The van der Waals surface area contributed by atoms with Crippen molar-refractivity contribution in [1.82, 2.24) is 5.32 Å². The summed E-state index contributed by atoms with van der Waals surface area (Å²) in [6.45, 7) is 4.61. The lowest BCUT2D eigenvalue weighted by Gasteiger charge is -2.18. The number of furan rings is 1. The van der Waals surface area contributed by atoms with Gasteiger partial charge in [0.05, 0.1) is 6.26 Å². The zero-order chi connectivity index (χ0) is 14.7. The smallest absolute Gasteiger partial charge is 0.287 e. The summed E-state index contributed by atoms with van der Waals surface area (Å²) in [5.74, 6) is 0.799. The van der Waals surface area contributed by atoms with Crippen LogP contribution in [0.25, 0.3) is 0 Å². The number of hydrogen-bond donors (Lipinski definition) is 1. The Kier molecular flexibility index (Phi) is 3.95. The van der Waals surface area contributed by atoms with E-state index < -0.39 is 0 Å². The number of nitrogens with zero attached hydrogens (tertiary/aromatic N) is 1. The van der Waals surface area contributed by atoms with Crippen molar-refractivity contribution in [2.45, 2.75) is 13.3 Å².